The van der Waals surface area contributed by atoms with Gasteiger partial charge in [-0.05, 0) is 55.5 Å². The van der Waals surface area contributed by atoms with Crippen molar-refractivity contribution in [2.24, 2.45) is 0 Å². The zero-order valence-electron chi connectivity index (χ0n) is 17.5. The molecule has 6 heteroatoms. The van der Waals surface area contributed by atoms with Gasteiger partial charge in [0, 0.05) is 33.7 Å². The molecule has 0 bridgehead atoms. The van der Waals surface area contributed by atoms with E-state index in [1.165, 1.54) is 0 Å². The van der Waals surface area contributed by atoms with Gasteiger partial charge in [-0.3, -0.25) is 9.59 Å². The van der Waals surface area contributed by atoms with Crippen molar-refractivity contribution in [2.75, 3.05) is 12.4 Å². The summed E-state index contributed by atoms with van der Waals surface area (Å²) < 4.78 is 16.7. The number of para-hydroxylation sites is 1. The number of hydrogen-bond donors (Lipinski definition) is 1. The van der Waals surface area contributed by atoms with Crippen molar-refractivity contribution in [1.82, 2.24) is 0 Å². The maximum absolute atomic E-state index is 13.0. The summed E-state index contributed by atoms with van der Waals surface area (Å²) in [5.41, 5.74) is 2.96. The Labute approximate surface area is 183 Å². The van der Waals surface area contributed by atoms with Crippen LogP contribution in [-0.4, -0.2) is 18.8 Å². The van der Waals surface area contributed by atoms with Gasteiger partial charge in [-0.15, -0.1) is 0 Å². The Bertz CT molecular complexity index is 1440. The quantitative estimate of drug-likeness (QED) is 0.350. The van der Waals surface area contributed by atoms with Gasteiger partial charge in [-0.25, -0.2) is 0 Å². The highest BCUT2D eigenvalue weighted by atomic mass is 16.5. The number of benzene rings is 3. The molecule has 5 aromatic rings. The van der Waals surface area contributed by atoms with Crippen molar-refractivity contribution >= 4 is 39.3 Å². The third-order valence-electron chi connectivity index (χ3n) is 5.40. The molecule has 3 aromatic carbocycles. The number of ether oxygens (including phenoxy) is 1. The van der Waals surface area contributed by atoms with Gasteiger partial charge in [0.15, 0.2) is 11.5 Å². The number of aryl methyl sites for hydroxylation is 1. The number of hydrogen-bond acceptors (Lipinski definition) is 5. The van der Waals surface area contributed by atoms with Crippen LogP contribution in [0, 0.1) is 6.92 Å². The standard InChI is InChI=1S/C26H19NO5/c1-15-20-12-9-18(27-26(29)23-13-17-5-3-4-6-21(17)31-23)14-22(20)32-25(15)24(28)16-7-10-19(30-2)11-8-16/h3-14H,1-2H3,(H,27,29). The number of fused-ring (bicyclic) bond motifs is 2. The van der Waals surface area contributed by atoms with Crippen LogP contribution in [0.5, 0.6) is 5.75 Å². The van der Waals surface area contributed by atoms with E-state index < -0.39 is 0 Å². The minimum atomic E-state index is -0.363. The Morgan fingerprint density at radius 3 is 2.41 bits per heavy atom. The summed E-state index contributed by atoms with van der Waals surface area (Å²) in [5, 5.41) is 4.49. The molecule has 32 heavy (non-hydrogen) atoms. The Morgan fingerprint density at radius 2 is 1.66 bits per heavy atom. The number of anilines is 1. The van der Waals surface area contributed by atoms with Crippen molar-refractivity contribution < 1.29 is 23.2 Å². The maximum Gasteiger partial charge on any atom is 0.291 e. The molecule has 0 aliphatic carbocycles. The SMILES string of the molecule is COc1ccc(C(=O)c2oc3cc(NC(=O)c4cc5ccccc5o4)ccc3c2C)cc1. The second kappa shape index (κ2) is 7.74. The van der Waals surface area contributed by atoms with Gasteiger partial charge in [-0.1, -0.05) is 18.2 Å². The van der Waals surface area contributed by atoms with Gasteiger partial charge >= 0.3 is 0 Å². The molecular weight excluding hydrogens is 406 g/mol. The summed E-state index contributed by atoms with van der Waals surface area (Å²) in [6, 6.07) is 21.3. The summed E-state index contributed by atoms with van der Waals surface area (Å²) in [4.78, 5) is 25.6. The summed E-state index contributed by atoms with van der Waals surface area (Å²) >= 11 is 0. The minimum Gasteiger partial charge on any atom is -0.497 e. The van der Waals surface area contributed by atoms with E-state index in [2.05, 4.69) is 5.32 Å². The van der Waals surface area contributed by atoms with E-state index in [-0.39, 0.29) is 23.2 Å². The third-order valence-corrected chi connectivity index (χ3v) is 5.40. The molecule has 6 nitrogen and oxygen atoms in total. The maximum atomic E-state index is 13.0. The molecule has 0 saturated carbocycles. The van der Waals surface area contributed by atoms with Crippen molar-refractivity contribution in [2.45, 2.75) is 6.92 Å². The van der Waals surface area contributed by atoms with E-state index in [9.17, 15) is 9.59 Å². The average Bonchev–Trinajstić information content (AvgIpc) is 3.40. The Balaban J connectivity index is 1.42. The van der Waals surface area contributed by atoms with Gasteiger partial charge in [0.25, 0.3) is 5.91 Å². The van der Waals surface area contributed by atoms with Gasteiger partial charge < -0.3 is 18.9 Å². The number of nitrogens with one attached hydrogen (secondary N) is 1. The molecule has 5 rings (SSSR count). The van der Waals surface area contributed by atoms with Crippen LogP contribution < -0.4 is 10.1 Å². The number of rotatable bonds is 5. The lowest BCUT2D eigenvalue weighted by Gasteiger charge is -2.02. The molecule has 0 unspecified atom stereocenters. The zero-order valence-corrected chi connectivity index (χ0v) is 17.5. The fourth-order valence-corrected chi connectivity index (χ4v) is 3.68. The number of ketones is 1. The van der Waals surface area contributed by atoms with Crippen molar-refractivity contribution in [3.8, 4) is 5.75 Å². The molecule has 1 N–H and O–H groups in total. The molecular formula is C26H19NO5. The average molecular weight is 425 g/mol. The van der Waals surface area contributed by atoms with Crippen LogP contribution in [0.25, 0.3) is 21.9 Å². The Morgan fingerprint density at radius 1 is 0.875 bits per heavy atom. The third kappa shape index (κ3) is 3.41. The smallest absolute Gasteiger partial charge is 0.291 e. The number of furan rings is 2. The van der Waals surface area contributed by atoms with Gasteiger partial charge in [0.1, 0.15) is 16.9 Å². The van der Waals surface area contributed by atoms with Crippen LogP contribution in [-0.2, 0) is 0 Å². The lowest BCUT2D eigenvalue weighted by atomic mass is 10.0. The second-order valence-corrected chi connectivity index (χ2v) is 7.43. The van der Waals surface area contributed by atoms with Gasteiger partial charge in [-0.2, -0.15) is 0 Å². The van der Waals surface area contributed by atoms with E-state index in [4.69, 9.17) is 13.6 Å². The Kier molecular flexibility index (Phi) is 4.75. The first-order valence-corrected chi connectivity index (χ1v) is 10.1. The number of carbonyl (C=O) groups excluding carboxylic acids is 2. The molecule has 0 spiro atoms. The highest BCUT2D eigenvalue weighted by molar-refractivity contribution is 6.11. The fourth-order valence-electron chi connectivity index (χ4n) is 3.68. The molecule has 0 aliphatic heterocycles. The van der Waals surface area contributed by atoms with Crippen LogP contribution in [0.1, 0.15) is 32.2 Å². The molecule has 0 saturated heterocycles. The van der Waals surface area contributed by atoms with Crippen molar-refractivity contribution in [1.29, 1.82) is 0 Å². The summed E-state index contributed by atoms with van der Waals surface area (Å²) in [6.45, 7) is 1.84. The molecule has 2 heterocycles. The molecule has 158 valence electrons. The molecule has 0 atom stereocenters. The van der Waals surface area contributed by atoms with Crippen molar-refractivity contribution in [3.05, 3.63) is 95.4 Å². The second-order valence-electron chi connectivity index (χ2n) is 7.43. The van der Waals surface area contributed by atoms with E-state index in [0.29, 0.717) is 28.2 Å². The predicted molar refractivity (Wildman–Crippen MR) is 122 cm³/mol. The normalized spacial score (nSPS) is 11.1. The number of amides is 1. The lowest BCUT2D eigenvalue weighted by Crippen LogP contribution is -2.10. The molecule has 0 fully saturated rings. The van der Waals surface area contributed by atoms with E-state index in [1.54, 1.807) is 49.6 Å². The first-order valence-electron chi connectivity index (χ1n) is 10.1. The zero-order chi connectivity index (χ0) is 22.2. The summed E-state index contributed by atoms with van der Waals surface area (Å²) in [6.07, 6.45) is 0. The van der Waals surface area contributed by atoms with Gasteiger partial charge in [0.2, 0.25) is 5.78 Å². The summed E-state index contributed by atoms with van der Waals surface area (Å²) in [7, 11) is 1.57. The topological polar surface area (TPSA) is 81.7 Å². The van der Waals surface area contributed by atoms with E-state index >= 15 is 0 Å². The van der Waals surface area contributed by atoms with Crippen LogP contribution in [0.2, 0.25) is 0 Å². The highest BCUT2D eigenvalue weighted by Gasteiger charge is 2.20. The fraction of sp³-hybridized carbons (Fsp3) is 0.0769. The van der Waals surface area contributed by atoms with Crippen LogP contribution in [0.3, 0.4) is 0 Å². The molecule has 2 aromatic heterocycles. The van der Waals surface area contributed by atoms with Crippen molar-refractivity contribution in [3.63, 3.8) is 0 Å². The first-order chi connectivity index (χ1) is 15.5. The highest BCUT2D eigenvalue weighted by Crippen LogP contribution is 2.30. The summed E-state index contributed by atoms with van der Waals surface area (Å²) in [5.74, 6) is 0.587. The van der Waals surface area contributed by atoms with Crippen LogP contribution in [0.4, 0.5) is 5.69 Å². The first kappa shape index (κ1) is 19.6. The molecule has 0 radical (unpaired) electrons. The predicted octanol–water partition coefficient (Wildman–Crippen LogP) is 5.98. The minimum absolute atomic E-state index is 0.214. The molecule has 1 amide bonds. The van der Waals surface area contributed by atoms with Crippen LogP contribution in [0.15, 0.2) is 81.6 Å². The Hall–Kier alpha value is -4.32. The van der Waals surface area contributed by atoms with Gasteiger partial charge in [0.05, 0.1) is 7.11 Å². The molecule has 0 aliphatic rings. The largest absolute Gasteiger partial charge is 0.497 e. The number of carbonyl (C=O) groups is 2. The van der Waals surface area contributed by atoms with E-state index in [1.807, 2.05) is 37.3 Å². The van der Waals surface area contributed by atoms with E-state index in [0.717, 1.165) is 16.3 Å². The monoisotopic (exact) mass is 425 g/mol. The van der Waals surface area contributed by atoms with Crippen LogP contribution >= 0.6 is 0 Å². The lowest BCUT2D eigenvalue weighted by molar-refractivity contribution is 0.0995. The number of methoxy groups -OCH3 is 1.